The third-order valence-corrected chi connectivity index (χ3v) is 3.66. The number of hydrogen-bond acceptors (Lipinski definition) is 1. The summed E-state index contributed by atoms with van der Waals surface area (Å²) < 4.78 is 1.84. The monoisotopic (exact) mass is 241 g/mol. The van der Waals surface area contributed by atoms with Gasteiger partial charge in [0.15, 0.2) is 0 Å². The van der Waals surface area contributed by atoms with Crippen molar-refractivity contribution < 1.29 is 9.90 Å². The van der Waals surface area contributed by atoms with Gasteiger partial charge in [-0.3, -0.25) is 0 Å². The average molecular weight is 242 g/mol. The summed E-state index contributed by atoms with van der Waals surface area (Å²) in [5, 5.41) is 9.63. The van der Waals surface area contributed by atoms with Crippen LogP contribution in [0.1, 0.15) is 49.1 Å². The highest BCUT2D eigenvalue weighted by Crippen LogP contribution is 2.35. The minimum atomic E-state index is -0.898. The maximum Gasteiger partial charge on any atom is 0.352 e. The van der Waals surface area contributed by atoms with Gasteiger partial charge in [0.05, 0.1) is 5.02 Å². The SMILES string of the molecule is CC1CCCCC1n1cc(Cl)cc1C(=O)O. The third kappa shape index (κ3) is 2.09. The van der Waals surface area contributed by atoms with Gasteiger partial charge in [-0.25, -0.2) is 4.79 Å². The first-order chi connectivity index (χ1) is 7.59. The standard InChI is InChI=1S/C12H16ClNO2/c1-8-4-2-3-5-10(8)14-7-9(13)6-11(14)12(15)16/h6-8,10H,2-5H2,1H3,(H,15,16). The van der Waals surface area contributed by atoms with Crippen molar-refractivity contribution in [1.29, 1.82) is 0 Å². The summed E-state index contributed by atoms with van der Waals surface area (Å²) in [5.74, 6) is -0.375. The second-order valence-electron chi connectivity index (χ2n) is 4.59. The Bertz CT molecular complexity index is 400. The lowest BCUT2D eigenvalue weighted by Gasteiger charge is -2.30. The molecular weight excluding hydrogens is 226 g/mol. The number of aromatic nitrogens is 1. The van der Waals surface area contributed by atoms with Crippen LogP contribution in [-0.4, -0.2) is 15.6 Å². The maximum absolute atomic E-state index is 11.1. The number of carbonyl (C=O) groups is 1. The van der Waals surface area contributed by atoms with Crippen molar-refractivity contribution in [2.24, 2.45) is 5.92 Å². The smallest absolute Gasteiger partial charge is 0.352 e. The Labute approximate surface area is 100 Å². The van der Waals surface area contributed by atoms with E-state index in [0.717, 1.165) is 6.42 Å². The topological polar surface area (TPSA) is 42.2 Å². The molecule has 1 aromatic heterocycles. The number of nitrogens with zero attached hydrogens (tertiary/aromatic N) is 1. The molecule has 1 aliphatic rings. The number of carboxylic acid groups (broad SMARTS) is 1. The molecule has 2 unspecified atom stereocenters. The largest absolute Gasteiger partial charge is 0.477 e. The van der Waals surface area contributed by atoms with E-state index in [-0.39, 0.29) is 6.04 Å². The second-order valence-corrected chi connectivity index (χ2v) is 5.02. The lowest BCUT2D eigenvalue weighted by Crippen LogP contribution is -2.23. The van der Waals surface area contributed by atoms with Gasteiger partial charge in [-0.2, -0.15) is 0 Å². The van der Waals surface area contributed by atoms with Crippen LogP contribution in [0.2, 0.25) is 5.02 Å². The van der Waals surface area contributed by atoms with Crippen LogP contribution in [0.4, 0.5) is 0 Å². The summed E-state index contributed by atoms with van der Waals surface area (Å²) in [6.07, 6.45) is 6.38. The van der Waals surface area contributed by atoms with Crippen molar-refractivity contribution in [2.45, 2.75) is 38.6 Å². The lowest BCUT2D eigenvalue weighted by atomic mass is 9.85. The van der Waals surface area contributed by atoms with E-state index >= 15 is 0 Å². The second kappa shape index (κ2) is 4.50. The first kappa shape index (κ1) is 11.5. The Morgan fingerprint density at radius 2 is 2.19 bits per heavy atom. The molecule has 1 aliphatic carbocycles. The molecule has 1 N–H and O–H groups in total. The molecule has 1 aromatic rings. The lowest BCUT2D eigenvalue weighted by molar-refractivity contribution is 0.0678. The van der Waals surface area contributed by atoms with E-state index in [1.807, 2.05) is 4.57 Å². The number of rotatable bonds is 2. The molecule has 3 nitrogen and oxygen atoms in total. The number of hydrogen-bond donors (Lipinski definition) is 1. The highest BCUT2D eigenvalue weighted by atomic mass is 35.5. The van der Waals surface area contributed by atoms with Crippen molar-refractivity contribution in [3.63, 3.8) is 0 Å². The zero-order valence-electron chi connectivity index (χ0n) is 9.32. The van der Waals surface area contributed by atoms with Crippen LogP contribution in [0, 0.1) is 5.92 Å². The molecule has 0 saturated heterocycles. The van der Waals surface area contributed by atoms with Crippen molar-refractivity contribution in [3.05, 3.63) is 23.0 Å². The van der Waals surface area contributed by atoms with E-state index in [4.69, 9.17) is 16.7 Å². The summed E-state index contributed by atoms with van der Waals surface area (Å²) in [7, 11) is 0. The molecule has 0 radical (unpaired) electrons. The Hall–Kier alpha value is -0.960. The zero-order valence-corrected chi connectivity index (χ0v) is 10.1. The van der Waals surface area contributed by atoms with Gasteiger partial charge in [0.25, 0.3) is 0 Å². The maximum atomic E-state index is 11.1. The predicted octanol–water partition coefficient (Wildman–Crippen LogP) is 3.59. The minimum absolute atomic E-state index is 0.285. The van der Waals surface area contributed by atoms with Crippen molar-refractivity contribution in [1.82, 2.24) is 4.57 Å². The molecule has 0 aromatic carbocycles. The number of carboxylic acids is 1. The molecule has 0 spiro atoms. The molecule has 4 heteroatoms. The van der Waals surface area contributed by atoms with E-state index in [0.29, 0.717) is 16.6 Å². The normalized spacial score (nSPS) is 25.6. The van der Waals surface area contributed by atoms with E-state index in [9.17, 15) is 4.79 Å². The molecule has 0 amide bonds. The Morgan fingerprint density at radius 3 is 2.81 bits per heavy atom. The number of aromatic carboxylic acids is 1. The molecule has 0 bridgehead atoms. The molecular formula is C12H16ClNO2. The van der Waals surface area contributed by atoms with Gasteiger partial charge in [0, 0.05) is 12.2 Å². The first-order valence-corrected chi connectivity index (χ1v) is 6.08. The summed E-state index contributed by atoms with van der Waals surface area (Å²) >= 11 is 5.89. The van der Waals surface area contributed by atoms with Crippen LogP contribution in [0.3, 0.4) is 0 Å². The molecule has 0 aliphatic heterocycles. The van der Waals surface area contributed by atoms with E-state index in [1.165, 1.54) is 25.3 Å². The van der Waals surface area contributed by atoms with Crippen molar-refractivity contribution >= 4 is 17.6 Å². The molecule has 1 heterocycles. The van der Waals surface area contributed by atoms with Gasteiger partial charge in [0.1, 0.15) is 5.69 Å². The van der Waals surface area contributed by atoms with Crippen LogP contribution < -0.4 is 0 Å². The van der Waals surface area contributed by atoms with Crippen molar-refractivity contribution in [2.75, 3.05) is 0 Å². The molecule has 1 saturated carbocycles. The minimum Gasteiger partial charge on any atom is -0.477 e. The number of halogens is 1. The van der Waals surface area contributed by atoms with Gasteiger partial charge < -0.3 is 9.67 Å². The van der Waals surface area contributed by atoms with Crippen LogP contribution >= 0.6 is 11.6 Å². The van der Waals surface area contributed by atoms with E-state index in [1.54, 1.807) is 6.20 Å². The van der Waals surface area contributed by atoms with Gasteiger partial charge >= 0.3 is 5.97 Å². The summed E-state index contributed by atoms with van der Waals surface area (Å²) in [6.45, 7) is 2.18. The van der Waals surface area contributed by atoms with Gasteiger partial charge in [-0.05, 0) is 24.8 Å². The third-order valence-electron chi connectivity index (χ3n) is 3.46. The van der Waals surface area contributed by atoms with Crippen LogP contribution in [0.15, 0.2) is 12.3 Å². The quantitative estimate of drug-likeness (QED) is 0.860. The molecule has 88 valence electrons. The van der Waals surface area contributed by atoms with Gasteiger partial charge in [0.2, 0.25) is 0 Å². The predicted molar refractivity (Wildman–Crippen MR) is 63.1 cm³/mol. The Balaban J connectivity index is 2.34. The fraction of sp³-hybridized carbons (Fsp3) is 0.583. The fourth-order valence-corrected chi connectivity index (χ4v) is 2.81. The summed E-state index contributed by atoms with van der Waals surface area (Å²) in [6, 6.07) is 1.82. The van der Waals surface area contributed by atoms with Crippen LogP contribution in [0.5, 0.6) is 0 Å². The highest BCUT2D eigenvalue weighted by molar-refractivity contribution is 6.30. The van der Waals surface area contributed by atoms with E-state index in [2.05, 4.69) is 6.92 Å². The highest BCUT2D eigenvalue weighted by Gasteiger charge is 2.26. The zero-order chi connectivity index (χ0) is 11.7. The van der Waals surface area contributed by atoms with Gasteiger partial charge in [-0.1, -0.05) is 31.4 Å². The fourth-order valence-electron chi connectivity index (χ4n) is 2.60. The molecule has 2 atom stereocenters. The van der Waals surface area contributed by atoms with E-state index < -0.39 is 5.97 Å². The molecule has 2 rings (SSSR count). The Kier molecular flexibility index (Phi) is 3.24. The molecule has 1 fully saturated rings. The van der Waals surface area contributed by atoms with Crippen LogP contribution in [0.25, 0.3) is 0 Å². The van der Waals surface area contributed by atoms with Gasteiger partial charge in [-0.15, -0.1) is 0 Å². The average Bonchev–Trinajstić information content (AvgIpc) is 2.61. The molecule has 16 heavy (non-hydrogen) atoms. The van der Waals surface area contributed by atoms with Crippen LogP contribution in [-0.2, 0) is 0 Å². The summed E-state index contributed by atoms with van der Waals surface area (Å²) in [4.78, 5) is 11.1. The summed E-state index contributed by atoms with van der Waals surface area (Å²) in [5.41, 5.74) is 0.309. The Morgan fingerprint density at radius 1 is 1.50 bits per heavy atom. The van der Waals surface area contributed by atoms with Crippen molar-refractivity contribution in [3.8, 4) is 0 Å². The first-order valence-electron chi connectivity index (χ1n) is 5.70.